The number of fused-ring (bicyclic) bond motifs is 5. The normalized spacial score (nSPS) is 44.6. The van der Waals surface area contributed by atoms with Gasteiger partial charge in [-0.15, -0.1) is 6.42 Å². The summed E-state index contributed by atoms with van der Waals surface area (Å²) in [7, 11) is 0. The molecule has 7 atom stereocenters. The standard InChI is InChI=1S/C26H36O3/c1-6-17(3)23(28)29-26(7-2)15-12-22-20-9-8-18-16-19(27)10-13-24(18,4)21(20)11-14-25(22,26)5/h2,16-17,20-22H,6,8-15H2,1,3-5H3. The smallest absolute Gasteiger partial charge is 0.310 e. The van der Waals surface area contributed by atoms with Crippen molar-refractivity contribution in [2.45, 2.75) is 91.1 Å². The second kappa shape index (κ2) is 7.00. The fourth-order valence-corrected chi connectivity index (χ4v) is 7.43. The highest BCUT2D eigenvalue weighted by Crippen LogP contribution is 2.68. The van der Waals surface area contributed by atoms with Gasteiger partial charge in [0.15, 0.2) is 11.4 Å². The molecule has 0 saturated heterocycles. The van der Waals surface area contributed by atoms with Crippen molar-refractivity contribution in [2.24, 2.45) is 34.5 Å². The SMILES string of the molecule is C#CC1(OC(=O)C(C)CC)CCC2C3CCC4=CC(=O)CCC4(C)C3CCC21C. The molecule has 3 nitrogen and oxygen atoms in total. The molecule has 7 unspecified atom stereocenters. The summed E-state index contributed by atoms with van der Waals surface area (Å²) in [5.74, 6) is 4.78. The Hall–Kier alpha value is -1.56. The molecule has 0 aromatic rings. The number of ether oxygens (including phenoxy) is 1. The third-order valence-electron chi connectivity index (χ3n) is 9.60. The van der Waals surface area contributed by atoms with Gasteiger partial charge in [0.05, 0.1) is 5.92 Å². The number of terminal acetylenes is 1. The van der Waals surface area contributed by atoms with E-state index in [-0.39, 0.29) is 22.7 Å². The summed E-state index contributed by atoms with van der Waals surface area (Å²) < 4.78 is 6.17. The number of carbonyl (C=O) groups excluding carboxylic acids is 2. The molecule has 0 radical (unpaired) electrons. The Labute approximate surface area is 176 Å². The molecule has 0 spiro atoms. The van der Waals surface area contributed by atoms with Gasteiger partial charge in [-0.2, -0.15) is 0 Å². The third-order valence-corrected chi connectivity index (χ3v) is 9.60. The van der Waals surface area contributed by atoms with Crippen molar-refractivity contribution in [2.75, 3.05) is 0 Å². The second-order valence-corrected chi connectivity index (χ2v) is 10.7. The average molecular weight is 397 g/mol. The average Bonchev–Trinajstić information content (AvgIpc) is 3.00. The Bertz CT molecular complexity index is 788. The molecular weight excluding hydrogens is 360 g/mol. The minimum Gasteiger partial charge on any atom is -0.445 e. The van der Waals surface area contributed by atoms with E-state index in [1.807, 2.05) is 19.9 Å². The lowest BCUT2D eigenvalue weighted by molar-refractivity contribution is -0.175. The van der Waals surface area contributed by atoms with Gasteiger partial charge in [-0.1, -0.05) is 39.2 Å². The van der Waals surface area contributed by atoms with Gasteiger partial charge < -0.3 is 4.74 Å². The minimum atomic E-state index is -0.761. The molecule has 29 heavy (non-hydrogen) atoms. The lowest BCUT2D eigenvalue weighted by atomic mass is 9.46. The van der Waals surface area contributed by atoms with Gasteiger partial charge in [-0.3, -0.25) is 9.59 Å². The van der Waals surface area contributed by atoms with Gasteiger partial charge >= 0.3 is 5.97 Å². The van der Waals surface area contributed by atoms with Crippen molar-refractivity contribution in [3.63, 3.8) is 0 Å². The van der Waals surface area contributed by atoms with E-state index in [0.29, 0.717) is 30.0 Å². The van der Waals surface area contributed by atoms with Crippen molar-refractivity contribution in [1.29, 1.82) is 0 Å². The molecule has 0 bridgehead atoms. The zero-order valence-corrected chi connectivity index (χ0v) is 18.6. The number of rotatable bonds is 3. The van der Waals surface area contributed by atoms with E-state index in [0.717, 1.165) is 51.4 Å². The molecule has 4 aliphatic rings. The molecule has 0 aromatic carbocycles. The van der Waals surface area contributed by atoms with Crippen LogP contribution in [0.1, 0.15) is 85.5 Å². The fourth-order valence-electron chi connectivity index (χ4n) is 7.43. The molecule has 0 amide bonds. The lowest BCUT2D eigenvalue weighted by Crippen LogP contribution is -2.55. The number of esters is 1. The third kappa shape index (κ3) is 2.85. The molecule has 3 fully saturated rings. The second-order valence-electron chi connectivity index (χ2n) is 10.7. The molecule has 0 N–H and O–H groups in total. The first kappa shape index (κ1) is 20.7. The molecular formula is C26H36O3. The summed E-state index contributed by atoms with van der Waals surface area (Å²) in [6, 6.07) is 0. The summed E-state index contributed by atoms with van der Waals surface area (Å²) in [5, 5.41) is 0. The van der Waals surface area contributed by atoms with Gasteiger partial charge in [0.2, 0.25) is 0 Å². The Morgan fingerprint density at radius 3 is 2.62 bits per heavy atom. The highest BCUT2D eigenvalue weighted by molar-refractivity contribution is 5.91. The number of hydrogen-bond acceptors (Lipinski definition) is 3. The van der Waals surface area contributed by atoms with Crippen LogP contribution in [0.3, 0.4) is 0 Å². The summed E-state index contributed by atoms with van der Waals surface area (Å²) in [6.07, 6.45) is 16.6. The van der Waals surface area contributed by atoms with Crippen molar-refractivity contribution in [3.8, 4) is 12.3 Å². The topological polar surface area (TPSA) is 43.4 Å². The predicted molar refractivity (Wildman–Crippen MR) is 114 cm³/mol. The van der Waals surface area contributed by atoms with Crippen molar-refractivity contribution in [1.82, 2.24) is 0 Å². The van der Waals surface area contributed by atoms with Crippen LogP contribution < -0.4 is 0 Å². The molecule has 3 heteroatoms. The van der Waals surface area contributed by atoms with Gasteiger partial charge in [-0.25, -0.2) is 0 Å². The van der Waals surface area contributed by atoms with Crippen LogP contribution in [-0.4, -0.2) is 17.4 Å². The first-order valence-electron chi connectivity index (χ1n) is 11.7. The van der Waals surface area contributed by atoms with Crippen molar-refractivity contribution >= 4 is 11.8 Å². The molecule has 0 heterocycles. The highest BCUT2D eigenvalue weighted by atomic mass is 16.6. The summed E-state index contributed by atoms with van der Waals surface area (Å²) in [5.41, 5.74) is 0.645. The number of allylic oxidation sites excluding steroid dienone is 1. The molecule has 0 aliphatic heterocycles. The monoisotopic (exact) mass is 396 g/mol. The van der Waals surface area contributed by atoms with E-state index < -0.39 is 5.60 Å². The Morgan fingerprint density at radius 2 is 1.93 bits per heavy atom. The molecule has 158 valence electrons. The van der Waals surface area contributed by atoms with E-state index in [1.165, 1.54) is 5.57 Å². The molecule has 0 aromatic heterocycles. The van der Waals surface area contributed by atoms with Gasteiger partial charge in [0.1, 0.15) is 0 Å². The van der Waals surface area contributed by atoms with Crippen LogP contribution in [0.2, 0.25) is 0 Å². The van der Waals surface area contributed by atoms with Crippen LogP contribution in [-0.2, 0) is 14.3 Å². The fraction of sp³-hybridized carbons (Fsp3) is 0.769. The quantitative estimate of drug-likeness (QED) is 0.469. The van der Waals surface area contributed by atoms with E-state index in [4.69, 9.17) is 11.2 Å². The van der Waals surface area contributed by atoms with E-state index in [1.54, 1.807) is 0 Å². The van der Waals surface area contributed by atoms with Crippen LogP contribution in [0.15, 0.2) is 11.6 Å². The largest absolute Gasteiger partial charge is 0.445 e. The summed E-state index contributed by atoms with van der Waals surface area (Å²) >= 11 is 0. The Morgan fingerprint density at radius 1 is 1.21 bits per heavy atom. The first-order chi connectivity index (χ1) is 13.7. The van der Waals surface area contributed by atoms with E-state index in [2.05, 4.69) is 19.8 Å². The number of hydrogen-bond donors (Lipinski definition) is 0. The number of ketones is 1. The van der Waals surface area contributed by atoms with Crippen molar-refractivity contribution < 1.29 is 14.3 Å². The Balaban J connectivity index is 1.64. The van der Waals surface area contributed by atoms with Crippen molar-refractivity contribution in [3.05, 3.63) is 11.6 Å². The maximum atomic E-state index is 12.7. The first-order valence-corrected chi connectivity index (χ1v) is 11.7. The van der Waals surface area contributed by atoms with Crippen LogP contribution >= 0.6 is 0 Å². The van der Waals surface area contributed by atoms with Crippen LogP contribution in [0.25, 0.3) is 0 Å². The zero-order chi connectivity index (χ0) is 21.0. The highest BCUT2D eigenvalue weighted by Gasteiger charge is 2.65. The predicted octanol–water partition coefficient (Wildman–Crippen LogP) is 5.48. The van der Waals surface area contributed by atoms with Gasteiger partial charge in [-0.05, 0) is 80.6 Å². The van der Waals surface area contributed by atoms with Crippen LogP contribution in [0, 0.1) is 46.8 Å². The maximum absolute atomic E-state index is 12.7. The minimum absolute atomic E-state index is 0.111. The van der Waals surface area contributed by atoms with Crippen LogP contribution in [0.5, 0.6) is 0 Å². The zero-order valence-electron chi connectivity index (χ0n) is 18.6. The molecule has 4 aliphatic carbocycles. The summed E-state index contributed by atoms with van der Waals surface area (Å²) in [4.78, 5) is 24.7. The van der Waals surface area contributed by atoms with Gasteiger partial charge in [0, 0.05) is 11.8 Å². The lowest BCUT2D eigenvalue weighted by Gasteiger charge is -2.58. The molecule has 3 saturated carbocycles. The van der Waals surface area contributed by atoms with E-state index >= 15 is 0 Å². The summed E-state index contributed by atoms with van der Waals surface area (Å²) in [6.45, 7) is 8.64. The van der Waals surface area contributed by atoms with E-state index in [9.17, 15) is 9.59 Å². The molecule has 4 rings (SSSR count). The number of carbonyl (C=O) groups is 2. The maximum Gasteiger partial charge on any atom is 0.310 e. The van der Waals surface area contributed by atoms with Gasteiger partial charge in [0.25, 0.3) is 0 Å². The Kier molecular flexibility index (Phi) is 5.00. The van der Waals surface area contributed by atoms with Crippen LogP contribution in [0.4, 0.5) is 0 Å².